The number of fused-ring (bicyclic) bond motifs is 3. The van der Waals surface area contributed by atoms with Crippen LogP contribution in [0.15, 0.2) is 212 Å². The van der Waals surface area contributed by atoms with Crippen molar-refractivity contribution >= 4 is 21.8 Å². The molecular formula is C62H41N5. The lowest BCUT2D eigenvalue weighted by atomic mass is 9.90. The van der Waals surface area contributed by atoms with E-state index in [2.05, 4.69) is 158 Å². The minimum Gasteiger partial charge on any atom is -0.308 e. The molecular weight excluding hydrogens is 815 g/mol. The highest BCUT2D eigenvalue weighted by Gasteiger charge is 2.24. The molecule has 314 valence electrons. The molecule has 0 aliphatic rings. The van der Waals surface area contributed by atoms with Crippen LogP contribution in [0.5, 0.6) is 0 Å². The molecule has 2 aromatic heterocycles. The molecule has 0 N–H and O–H groups in total. The van der Waals surface area contributed by atoms with E-state index in [9.17, 15) is 10.5 Å². The summed E-state index contributed by atoms with van der Waals surface area (Å²) in [6.45, 7) is 4.32. The summed E-state index contributed by atoms with van der Waals surface area (Å²) < 4.78 is 2.38. The van der Waals surface area contributed by atoms with E-state index in [-0.39, 0.29) is 0 Å². The van der Waals surface area contributed by atoms with Crippen molar-refractivity contribution in [3.8, 4) is 96.2 Å². The van der Waals surface area contributed by atoms with Crippen molar-refractivity contribution in [2.45, 2.75) is 13.8 Å². The van der Waals surface area contributed by atoms with Crippen LogP contribution >= 0.6 is 0 Å². The zero-order valence-electron chi connectivity index (χ0n) is 36.9. The van der Waals surface area contributed by atoms with Crippen molar-refractivity contribution in [2.75, 3.05) is 0 Å². The molecule has 5 nitrogen and oxygen atoms in total. The molecule has 0 aliphatic carbocycles. The number of aryl methyl sites for hydroxylation is 2. The Bertz CT molecular complexity index is 3550. The maximum Gasteiger partial charge on any atom is 0.160 e. The Balaban J connectivity index is 1.28. The van der Waals surface area contributed by atoms with Crippen molar-refractivity contribution < 1.29 is 0 Å². The highest BCUT2D eigenvalue weighted by Crippen LogP contribution is 2.46. The SMILES string of the molecule is Cc1ccccc1-c1ccc2c(c1)c1cc(-c3ccccc3C)ccc1n2-c1c(-c2cccc(C#N)c2)cc(-c2cc(-c3ccccc3)nc(-c3ccccc3)n2)cc1-c1cccc(C#N)c1. The van der Waals surface area contributed by atoms with Gasteiger partial charge in [-0.2, -0.15) is 10.5 Å². The zero-order chi connectivity index (χ0) is 45.4. The van der Waals surface area contributed by atoms with Gasteiger partial charge >= 0.3 is 0 Å². The zero-order valence-corrected chi connectivity index (χ0v) is 36.9. The van der Waals surface area contributed by atoms with E-state index in [0.717, 1.165) is 89.0 Å². The summed E-state index contributed by atoms with van der Waals surface area (Å²) in [6.07, 6.45) is 0. The van der Waals surface area contributed by atoms with Crippen LogP contribution in [0.3, 0.4) is 0 Å². The van der Waals surface area contributed by atoms with Gasteiger partial charge in [-0.3, -0.25) is 0 Å². The third-order valence-electron chi connectivity index (χ3n) is 12.7. The molecule has 0 aliphatic heterocycles. The monoisotopic (exact) mass is 855 g/mol. The van der Waals surface area contributed by atoms with Crippen LogP contribution in [0.1, 0.15) is 22.3 Å². The Labute approximate surface area is 389 Å². The normalized spacial score (nSPS) is 11.1. The summed E-state index contributed by atoms with van der Waals surface area (Å²) in [6, 6.07) is 77.8. The summed E-state index contributed by atoms with van der Waals surface area (Å²) in [5.74, 6) is 0.610. The van der Waals surface area contributed by atoms with Gasteiger partial charge in [0.1, 0.15) is 0 Å². The minimum atomic E-state index is 0.551. The fourth-order valence-corrected chi connectivity index (χ4v) is 9.44. The van der Waals surface area contributed by atoms with Gasteiger partial charge in [-0.05, 0) is 125 Å². The predicted molar refractivity (Wildman–Crippen MR) is 273 cm³/mol. The molecule has 67 heavy (non-hydrogen) atoms. The van der Waals surface area contributed by atoms with Crippen molar-refractivity contribution in [1.29, 1.82) is 10.5 Å². The van der Waals surface area contributed by atoms with Gasteiger partial charge < -0.3 is 4.57 Å². The van der Waals surface area contributed by atoms with Gasteiger partial charge in [-0.1, -0.05) is 146 Å². The molecule has 0 saturated heterocycles. The molecule has 0 radical (unpaired) electrons. The highest BCUT2D eigenvalue weighted by atomic mass is 15.0. The predicted octanol–water partition coefficient (Wildman–Crippen LogP) is 15.6. The number of hydrogen-bond acceptors (Lipinski definition) is 4. The standard InChI is InChI=1S/C62H41N5/c1-40-15-9-11-25-51(40)48-27-29-59-55(33-48)56-34-49(52-26-12-10-16-41(52)2)28-30-60(56)67(59)61-53(46-23-13-17-42(31-46)38-63)35-50(36-54(61)47-24-14-18-43(32-47)39-64)58-37-57(44-19-5-3-6-20-44)65-62(66-58)45-21-7-4-8-22-45/h3-37H,1-2H3. The van der Waals surface area contributed by atoms with Gasteiger partial charge in [-0.15, -0.1) is 0 Å². The molecule has 9 aromatic carbocycles. The van der Waals surface area contributed by atoms with Crippen molar-refractivity contribution in [2.24, 2.45) is 0 Å². The fourth-order valence-electron chi connectivity index (χ4n) is 9.44. The van der Waals surface area contributed by atoms with Crippen LogP contribution in [0.25, 0.3) is 106 Å². The number of nitriles is 2. The Kier molecular flexibility index (Phi) is 10.4. The molecule has 0 spiro atoms. The number of rotatable bonds is 8. The molecule has 2 heterocycles. The second-order valence-electron chi connectivity index (χ2n) is 16.9. The number of hydrogen-bond donors (Lipinski definition) is 0. The Morgan fingerprint density at radius 3 is 1.28 bits per heavy atom. The minimum absolute atomic E-state index is 0.551. The summed E-state index contributed by atoms with van der Waals surface area (Å²) in [5, 5.41) is 22.9. The van der Waals surface area contributed by atoms with Gasteiger partial charge in [0.15, 0.2) is 5.82 Å². The van der Waals surface area contributed by atoms with Crippen molar-refractivity contribution in [3.05, 3.63) is 235 Å². The van der Waals surface area contributed by atoms with Gasteiger partial charge in [0, 0.05) is 38.6 Å². The molecule has 11 aromatic rings. The number of nitrogens with zero attached hydrogens (tertiary/aromatic N) is 5. The Morgan fingerprint density at radius 2 is 0.791 bits per heavy atom. The maximum absolute atomic E-state index is 10.3. The topological polar surface area (TPSA) is 78.3 Å². The molecule has 0 saturated carbocycles. The molecule has 0 atom stereocenters. The first-order valence-electron chi connectivity index (χ1n) is 22.3. The fraction of sp³-hybridized carbons (Fsp3) is 0.0323. The van der Waals surface area contributed by atoms with Crippen LogP contribution in [-0.4, -0.2) is 14.5 Å². The third kappa shape index (κ3) is 7.51. The smallest absolute Gasteiger partial charge is 0.160 e. The molecule has 0 fully saturated rings. The molecule has 0 unspecified atom stereocenters. The average molecular weight is 856 g/mol. The van der Waals surface area contributed by atoms with E-state index >= 15 is 0 Å². The van der Waals surface area contributed by atoms with E-state index < -0.39 is 0 Å². The second-order valence-corrected chi connectivity index (χ2v) is 16.9. The van der Waals surface area contributed by atoms with E-state index in [4.69, 9.17) is 9.97 Å². The Hall–Kier alpha value is -9.16. The Morgan fingerprint density at radius 1 is 0.358 bits per heavy atom. The van der Waals surface area contributed by atoms with Gasteiger partial charge in [0.05, 0.1) is 51.4 Å². The summed E-state index contributed by atoms with van der Waals surface area (Å²) >= 11 is 0. The maximum atomic E-state index is 10.3. The summed E-state index contributed by atoms with van der Waals surface area (Å²) in [4.78, 5) is 10.4. The van der Waals surface area contributed by atoms with E-state index in [1.165, 1.54) is 22.3 Å². The number of aromatic nitrogens is 3. The van der Waals surface area contributed by atoms with Crippen LogP contribution < -0.4 is 0 Å². The van der Waals surface area contributed by atoms with E-state index in [1.54, 1.807) is 0 Å². The largest absolute Gasteiger partial charge is 0.308 e. The second kappa shape index (κ2) is 17.1. The lowest BCUT2D eigenvalue weighted by Crippen LogP contribution is -2.03. The van der Waals surface area contributed by atoms with E-state index in [0.29, 0.717) is 17.0 Å². The van der Waals surface area contributed by atoms with Crippen molar-refractivity contribution in [1.82, 2.24) is 14.5 Å². The van der Waals surface area contributed by atoms with Gasteiger partial charge in [0.2, 0.25) is 0 Å². The average Bonchev–Trinajstić information content (AvgIpc) is 3.71. The third-order valence-corrected chi connectivity index (χ3v) is 12.7. The lowest BCUT2D eigenvalue weighted by molar-refractivity contribution is 1.17. The van der Waals surface area contributed by atoms with Crippen LogP contribution in [0.4, 0.5) is 0 Å². The molecule has 0 amide bonds. The quantitative estimate of drug-likeness (QED) is 0.152. The van der Waals surface area contributed by atoms with Gasteiger partial charge in [-0.25, -0.2) is 9.97 Å². The van der Waals surface area contributed by atoms with Crippen LogP contribution in [0, 0.1) is 36.5 Å². The first-order valence-corrected chi connectivity index (χ1v) is 22.3. The molecule has 0 bridgehead atoms. The first kappa shape index (κ1) is 40.6. The van der Waals surface area contributed by atoms with E-state index in [1.807, 2.05) is 84.9 Å². The molecule has 5 heteroatoms. The summed E-state index contributed by atoms with van der Waals surface area (Å²) in [5.41, 5.74) is 18.9. The van der Waals surface area contributed by atoms with Crippen LogP contribution in [0.2, 0.25) is 0 Å². The number of benzene rings is 9. The summed E-state index contributed by atoms with van der Waals surface area (Å²) in [7, 11) is 0. The highest BCUT2D eigenvalue weighted by molar-refractivity contribution is 6.13. The van der Waals surface area contributed by atoms with Crippen molar-refractivity contribution in [3.63, 3.8) is 0 Å². The first-order chi connectivity index (χ1) is 32.9. The lowest BCUT2D eigenvalue weighted by Gasteiger charge is -2.22. The van der Waals surface area contributed by atoms with Crippen LogP contribution in [-0.2, 0) is 0 Å². The van der Waals surface area contributed by atoms with Gasteiger partial charge in [0.25, 0.3) is 0 Å². The molecule has 11 rings (SSSR count).